The van der Waals surface area contributed by atoms with E-state index < -0.39 is 0 Å². The molecule has 0 unspecified atom stereocenters. The summed E-state index contributed by atoms with van der Waals surface area (Å²) in [6, 6.07) is 8.12. The molecule has 1 aliphatic rings. The molecule has 1 aromatic carbocycles. The van der Waals surface area contributed by atoms with Gasteiger partial charge in [0.25, 0.3) is 0 Å². The number of hydrogen-bond donors (Lipinski definition) is 1. The molecule has 0 bridgehead atoms. The van der Waals surface area contributed by atoms with E-state index in [2.05, 4.69) is 29.5 Å². The maximum atomic E-state index is 10.0. The van der Waals surface area contributed by atoms with E-state index >= 15 is 0 Å². The molecule has 0 aromatic heterocycles. The number of hydrogen-bond acceptors (Lipinski definition) is 2. The normalized spacial score (nSPS) is 10.6. The van der Waals surface area contributed by atoms with E-state index in [0.717, 1.165) is 12.1 Å². The third kappa shape index (κ3) is 4.99. The van der Waals surface area contributed by atoms with Crippen molar-refractivity contribution in [3.8, 4) is 0 Å². The molecule has 1 radical (unpaired) electrons. The maximum absolute atomic E-state index is 10.0. The summed E-state index contributed by atoms with van der Waals surface area (Å²) in [5, 5.41) is 2.41. The maximum Gasteiger partial charge on any atom is 0.189 e. The number of nitrogens with one attached hydrogen (secondary N) is 1. The quantitative estimate of drug-likeness (QED) is 0.787. The minimum absolute atomic E-state index is 0. The topological polar surface area (TPSA) is 41.5 Å². The number of aliphatic imine (C=N–C) groups is 1. The van der Waals surface area contributed by atoms with Crippen molar-refractivity contribution >= 4 is 17.8 Å². The number of rotatable bonds is 1. The summed E-state index contributed by atoms with van der Waals surface area (Å²) in [7, 11) is 1.59. The molecule has 0 saturated carbocycles. The molecule has 0 saturated heterocycles. The van der Waals surface area contributed by atoms with Gasteiger partial charge in [0, 0.05) is 39.8 Å². The third-order valence-electron chi connectivity index (χ3n) is 1.97. The van der Waals surface area contributed by atoms with Gasteiger partial charge in [-0.2, -0.15) is 6.21 Å². The predicted octanol–water partition coefficient (Wildman–Crippen LogP) is 1.78. The Bertz CT molecular complexity index is 358. The fourth-order valence-corrected chi connectivity index (χ4v) is 1.10. The van der Waals surface area contributed by atoms with E-state index in [1.165, 1.54) is 5.56 Å². The zero-order valence-electron chi connectivity index (χ0n) is 9.36. The number of benzene rings is 1. The Hall–Kier alpha value is -0.536. The van der Waals surface area contributed by atoms with Crippen LogP contribution in [0.2, 0.25) is 0 Å². The molecule has 0 spiro atoms. The third-order valence-corrected chi connectivity index (χ3v) is 1.97. The van der Waals surface area contributed by atoms with E-state index in [9.17, 15) is 4.79 Å². The second-order valence-electron chi connectivity index (χ2n) is 3.00. The molecule has 83 valence electrons. The van der Waals surface area contributed by atoms with Crippen LogP contribution in [-0.2, 0) is 43.9 Å². The molecule has 0 atom stereocenters. The second-order valence-corrected chi connectivity index (χ2v) is 3.00. The molecule has 0 fully saturated rings. The molecular weight excluding hydrogens is 277 g/mol. The SMILES string of the molecule is [C-]1=Nc2ccccc2C1.[CH2-]CC(=O)NC.[Y]. The Labute approximate surface area is 122 Å². The van der Waals surface area contributed by atoms with E-state index in [4.69, 9.17) is 0 Å². The van der Waals surface area contributed by atoms with Crippen LogP contribution in [0.15, 0.2) is 29.3 Å². The van der Waals surface area contributed by atoms with Gasteiger partial charge in [-0.25, -0.2) is 0 Å². The zero-order chi connectivity index (χ0) is 11.1. The van der Waals surface area contributed by atoms with Crippen LogP contribution >= 0.6 is 0 Å². The fourth-order valence-electron chi connectivity index (χ4n) is 1.10. The molecule has 1 amide bonds. The summed E-state index contributed by atoms with van der Waals surface area (Å²) >= 11 is 0. The van der Waals surface area contributed by atoms with Crippen LogP contribution in [0, 0.1) is 6.92 Å². The average molecular weight is 291 g/mol. The number of carbonyl (C=O) groups excluding carboxylic acids is 1. The standard InChI is InChI=1S/C8H6N.C4H8NO.Y/c1-2-4-8-7(3-1)5-6-9-8;1-3-4(6)5-2;/h1-4H,5H2;1,3H2,2H3,(H,5,6);/q2*-1;. The van der Waals surface area contributed by atoms with Gasteiger partial charge >= 0.3 is 0 Å². The summed E-state index contributed by atoms with van der Waals surface area (Å²) in [5.41, 5.74) is 2.37. The van der Waals surface area contributed by atoms with Gasteiger partial charge in [-0.1, -0.05) is 30.3 Å². The fraction of sp³-hybridized carbons (Fsp3) is 0.250. The monoisotopic (exact) mass is 291 g/mol. The van der Waals surface area contributed by atoms with E-state index in [1.54, 1.807) is 7.05 Å². The van der Waals surface area contributed by atoms with Gasteiger partial charge in [0.05, 0.1) is 0 Å². The molecule has 1 N–H and O–H groups in total. The van der Waals surface area contributed by atoms with E-state index in [1.807, 2.05) is 18.2 Å². The van der Waals surface area contributed by atoms with Gasteiger partial charge in [-0.15, -0.1) is 18.1 Å². The summed E-state index contributed by atoms with van der Waals surface area (Å²) < 4.78 is 0. The van der Waals surface area contributed by atoms with Crippen molar-refractivity contribution < 1.29 is 37.5 Å². The molecule has 1 aromatic rings. The van der Waals surface area contributed by atoms with Crippen LogP contribution in [0.3, 0.4) is 0 Å². The van der Waals surface area contributed by atoms with Crippen LogP contribution in [0.25, 0.3) is 0 Å². The average Bonchev–Trinajstić information content (AvgIpc) is 2.76. The van der Waals surface area contributed by atoms with Crippen molar-refractivity contribution in [1.82, 2.24) is 5.32 Å². The van der Waals surface area contributed by atoms with Crippen molar-refractivity contribution in [2.24, 2.45) is 4.99 Å². The molecule has 16 heavy (non-hydrogen) atoms. The van der Waals surface area contributed by atoms with Gasteiger partial charge in [0.1, 0.15) is 0 Å². The van der Waals surface area contributed by atoms with Crippen molar-refractivity contribution in [3.05, 3.63) is 36.8 Å². The van der Waals surface area contributed by atoms with Crippen LogP contribution in [-0.4, -0.2) is 19.2 Å². The van der Waals surface area contributed by atoms with E-state index in [0.29, 0.717) is 6.42 Å². The largest absolute Gasteiger partial charge is 0.456 e. The second kappa shape index (κ2) is 8.60. The van der Waals surface area contributed by atoms with Gasteiger partial charge in [0.15, 0.2) is 5.91 Å². The Morgan fingerprint density at radius 1 is 1.56 bits per heavy atom. The van der Waals surface area contributed by atoms with Crippen LogP contribution in [0.5, 0.6) is 0 Å². The van der Waals surface area contributed by atoms with Crippen LogP contribution < -0.4 is 5.32 Å². The molecule has 3 nitrogen and oxygen atoms in total. The Morgan fingerprint density at radius 3 is 2.75 bits per heavy atom. The predicted molar refractivity (Wildman–Crippen MR) is 61.3 cm³/mol. The van der Waals surface area contributed by atoms with Gasteiger partial charge in [0.2, 0.25) is 0 Å². The molecule has 2 rings (SSSR count). The number of nitrogens with zero attached hydrogens (tertiary/aromatic N) is 1. The molecule has 0 aliphatic carbocycles. The minimum atomic E-state index is -0.0185. The number of fused-ring (bicyclic) bond motifs is 1. The zero-order valence-corrected chi connectivity index (χ0v) is 12.2. The van der Waals surface area contributed by atoms with Crippen molar-refractivity contribution in [2.75, 3.05) is 7.05 Å². The number of amides is 1. The van der Waals surface area contributed by atoms with Crippen molar-refractivity contribution in [2.45, 2.75) is 12.8 Å². The first kappa shape index (κ1) is 15.5. The van der Waals surface area contributed by atoms with Crippen LogP contribution in [0.4, 0.5) is 5.69 Å². The molecule has 1 aliphatic heterocycles. The van der Waals surface area contributed by atoms with Gasteiger partial charge in [-0.05, 0) is 0 Å². The minimum Gasteiger partial charge on any atom is -0.456 e. The van der Waals surface area contributed by atoms with Crippen molar-refractivity contribution in [1.29, 1.82) is 0 Å². The number of carbonyl (C=O) groups is 1. The van der Waals surface area contributed by atoms with E-state index in [-0.39, 0.29) is 38.6 Å². The first-order chi connectivity index (χ1) is 7.27. The van der Waals surface area contributed by atoms with Crippen LogP contribution in [0.1, 0.15) is 12.0 Å². The first-order valence-corrected chi connectivity index (χ1v) is 4.79. The smallest absolute Gasteiger partial charge is 0.189 e. The van der Waals surface area contributed by atoms with Crippen molar-refractivity contribution in [3.63, 3.8) is 0 Å². The Balaban J connectivity index is 0.000000289. The number of para-hydroxylation sites is 1. The van der Waals surface area contributed by atoms with Gasteiger partial charge < -0.3 is 17.2 Å². The molecule has 1 heterocycles. The van der Waals surface area contributed by atoms with Gasteiger partial charge in [-0.3, -0.25) is 4.79 Å². The summed E-state index contributed by atoms with van der Waals surface area (Å²) in [4.78, 5) is 14.1. The first-order valence-electron chi connectivity index (χ1n) is 4.79. The summed E-state index contributed by atoms with van der Waals surface area (Å²) in [5.74, 6) is -0.0185. The molecular formula is C12H14N2OY-2. The molecule has 4 heteroatoms. The summed E-state index contributed by atoms with van der Waals surface area (Å²) in [6.45, 7) is 3.34. The summed E-state index contributed by atoms with van der Waals surface area (Å²) in [6.07, 6.45) is 4.13. The Morgan fingerprint density at radius 2 is 2.25 bits per heavy atom. The Kier molecular flexibility index (Phi) is 8.31.